The van der Waals surface area contributed by atoms with Gasteiger partial charge in [0.2, 0.25) is 15.9 Å². The lowest BCUT2D eigenvalue weighted by Crippen LogP contribution is -2.27. The molecule has 0 heterocycles. The van der Waals surface area contributed by atoms with Crippen LogP contribution in [0.2, 0.25) is 0 Å². The fourth-order valence-electron chi connectivity index (χ4n) is 1.63. The number of carbonyl (C=O) groups excluding carboxylic acids is 1. The first-order chi connectivity index (χ1) is 9.51. The third-order valence-corrected chi connectivity index (χ3v) is 4.28. The maximum Gasteiger partial charge on any atom is 0.243 e. The molecule has 1 aromatic carbocycles. The summed E-state index contributed by atoms with van der Waals surface area (Å²) in [5, 5.41) is 2.58. The third-order valence-electron chi connectivity index (χ3n) is 2.72. The van der Waals surface area contributed by atoms with Crippen molar-refractivity contribution in [1.82, 2.24) is 10.0 Å². The second-order valence-electron chi connectivity index (χ2n) is 4.28. The molecule has 0 spiro atoms. The number of rotatable bonds is 8. The third kappa shape index (κ3) is 4.79. The molecular formula is C14H20N2O3S. The molecule has 0 bridgehead atoms. The summed E-state index contributed by atoms with van der Waals surface area (Å²) >= 11 is 0. The zero-order valence-electron chi connectivity index (χ0n) is 11.6. The van der Waals surface area contributed by atoms with Crippen LogP contribution in [0, 0.1) is 0 Å². The van der Waals surface area contributed by atoms with E-state index in [4.69, 9.17) is 0 Å². The number of carbonyl (C=O) groups is 1. The molecule has 1 aromatic rings. The summed E-state index contributed by atoms with van der Waals surface area (Å²) in [6, 6.07) is 6.61. The van der Waals surface area contributed by atoms with E-state index in [1.54, 1.807) is 18.2 Å². The standard InChI is InChI=1S/C14H20N2O3S/c1-3-5-10-16-20(18,19)13-9-7-6-8-12(13)11-15-14(17)4-2/h4,6-9,16H,2-3,5,10-11H2,1H3,(H,15,17). The van der Waals surface area contributed by atoms with Gasteiger partial charge in [0, 0.05) is 13.1 Å². The van der Waals surface area contributed by atoms with E-state index < -0.39 is 10.0 Å². The van der Waals surface area contributed by atoms with Gasteiger partial charge in [-0.3, -0.25) is 4.79 Å². The Morgan fingerprint density at radius 2 is 2.05 bits per heavy atom. The lowest BCUT2D eigenvalue weighted by Gasteiger charge is -2.11. The van der Waals surface area contributed by atoms with E-state index >= 15 is 0 Å². The van der Waals surface area contributed by atoms with Crippen molar-refractivity contribution in [3.05, 3.63) is 42.5 Å². The van der Waals surface area contributed by atoms with Crippen molar-refractivity contribution in [3.8, 4) is 0 Å². The highest BCUT2D eigenvalue weighted by Gasteiger charge is 2.17. The van der Waals surface area contributed by atoms with Crippen molar-refractivity contribution in [2.75, 3.05) is 6.54 Å². The molecule has 1 rings (SSSR count). The van der Waals surface area contributed by atoms with Crippen LogP contribution in [0.1, 0.15) is 25.3 Å². The van der Waals surface area contributed by atoms with Crippen molar-refractivity contribution >= 4 is 15.9 Å². The van der Waals surface area contributed by atoms with E-state index in [0.29, 0.717) is 12.1 Å². The molecule has 0 aliphatic heterocycles. The average molecular weight is 296 g/mol. The lowest BCUT2D eigenvalue weighted by atomic mass is 10.2. The number of sulfonamides is 1. The molecule has 20 heavy (non-hydrogen) atoms. The van der Waals surface area contributed by atoms with Crippen LogP contribution in [-0.4, -0.2) is 20.9 Å². The van der Waals surface area contributed by atoms with Gasteiger partial charge in [-0.15, -0.1) is 0 Å². The van der Waals surface area contributed by atoms with Gasteiger partial charge in [-0.2, -0.15) is 0 Å². The second kappa shape index (κ2) is 7.81. The summed E-state index contributed by atoms with van der Waals surface area (Å²) in [6.07, 6.45) is 2.85. The van der Waals surface area contributed by atoms with E-state index in [2.05, 4.69) is 16.6 Å². The van der Waals surface area contributed by atoms with Gasteiger partial charge >= 0.3 is 0 Å². The summed E-state index contributed by atoms with van der Waals surface area (Å²) in [4.78, 5) is 11.4. The Hall–Kier alpha value is -1.66. The Labute approximate surface area is 120 Å². The normalized spacial score (nSPS) is 11.1. The fraction of sp³-hybridized carbons (Fsp3) is 0.357. The molecule has 0 saturated heterocycles. The molecular weight excluding hydrogens is 276 g/mol. The molecule has 0 atom stereocenters. The van der Waals surface area contributed by atoms with Gasteiger partial charge in [0.15, 0.2) is 0 Å². The van der Waals surface area contributed by atoms with Crippen LogP contribution in [0.4, 0.5) is 0 Å². The zero-order valence-corrected chi connectivity index (χ0v) is 12.4. The zero-order chi connectivity index (χ0) is 15.0. The molecule has 0 fully saturated rings. The number of amides is 1. The van der Waals surface area contributed by atoms with Crippen LogP contribution in [0.25, 0.3) is 0 Å². The summed E-state index contributed by atoms with van der Waals surface area (Å²) in [5.41, 5.74) is 0.548. The molecule has 5 nitrogen and oxygen atoms in total. The van der Waals surface area contributed by atoms with Crippen molar-refractivity contribution in [2.45, 2.75) is 31.2 Å². The molecule has 0 aliphatic rings. The number of hydrogen-bond acceptors (Lipinski definition) is 3. The van der Waals surface area contributed by atoms with Crippen LogP contribution in [0.5, 0.6) is 0 Å². The second-order valence-corrected chi connectivity index (χ2v) is 6.02. The predicted octanol–water partition coefficient (Wildman–Crippen LogP) is 1.57. The first-order valence-corrected chi connectivity index (χ1v) is 7.97. The fourth-order valence-corrected chi connectivity index (χ4v) is 2.94. The van der Waals surface area contributed by atoms with E-state index in [1.807, 2.05) is 6.92 Å². The Morgan fingerprint density at radius 1 is 1.35 bits per heavy atom. The van der Waals surface area contributed by atoms with Gasteiger partial charge in [0.25, 0.3) is 0 Å². The van der Waals surface area contributed by atoms with Crippen molar-refractivity contribution in [1.29, 1.82) is 0 Å². The summed E-state index contributed by atoms with van der Waals surface area (Å²) in [7, 11) is -3.54. The van der Waals surface area contributed by atoms with Crippen LogP contribution in [-0.2, 0) is 21.4 Å². The minimum atomic E-state index is -3.54. The summed E-state index contributed by atoms with van der Waals surface area (Å²) in [6.45, 7) is 5.90. The maximum absolute atomic E-state index is 12.2. The minimum Gasteiger partial charge on any atom is -0.348 e. The van der Waals surface area contributed by atoms with E-state index in [-0.39, 0.29) is 17.3 Å². The first-order valence-electron chi connectivity index (χ1n) is 6.49. The topological polar surface area (TPSA) is 75.3 Å². The van der Waals surface area contributed by atoms with Gasteiger partial charge in [-0.05, 0) is 24.1 Å². The predicted molar refractivity (Wildman–Crippen MR) is 78.6 cm³/mol. The smallest absolute Gasteiger partial charge is 0.243 e. The number of hydrogen-bond donors (Lipinski definition) is 2. The highest BCUT2D eigenvalue weighted by molar-refractivity contribution is 7.89. The van der Waals surface area contributed by atoms with Gasteiger partial charge in [0.1, 0.15) is 0 Å². The minimum absolute atomic E-state index is 0.149. The van der Waals surface area contributed by atoms with Gasteiger partial charge < -0.3 is 5.32 Å². The van der Waals surface area contributed by atoms with E-state index in [1.165, 1.54) is 6.07 Å². The van der Waals surface area contributed by atoms with Crippen LogP contribution < -0.4 is 10.0 Å². The Balaban J connectivity index is 2.88. The summed E-state index contributed by atoms with van der Waals surface area (Å²) in [5.74, 6) is -0.337. The highest BCUT2D eigenvalue weighted by Crippen LogP contribution is 2.15. The molecule has 0 aromatic heterocycles. The SMILES string of the molecule is C=CC(=O)NCc1ccccc1S(=O)(=O)NCCCC. The van der Waals surface area contributed by atoms with Crippen molar-refractivity contribution < 1.29 is 13.2 Å². The molecule has 2 N–H and O–H groups in total. The molecule has 0 unspecified atom stereocenters. The van der Waals surface area contributed by atoms with Gasteiger partial charge in [-0.25, -0.2) is 13.1 Å². The molecule has 1 amide bonds. The van der Waals surface area contributed by atoms with Crippen LogP contribution in [0.15, 0.2) is 41.8 Å². The monoisotopic (exact) mass is 296 g/mol. The molecule has 110 valence electrons. The van der Waals surface area contributed by atoms with E-state index in [0.717, 1.165) is 18.9 Å². The van der Waals surface area contributed by atoms with Crippen molar-refractivity contribution in [2.24, 2.45) is 0 Å². The lowest BCUT2D eigenvalue weighted by molar-refractivity contribution is -0.116. The van der Waals surface area contributed by atoms with Crippen LogP contribution in [0.3, 0.4) is 0 Å². The Kier molecular flexibility index (Phi) is 6.41. The molecule has 0 radical (unpaired) electrons. The van der Waals surface area contributed by atoms with Gasteiger partial charge in [0.05, 0.1) is 4.90 Å². The highest BCUT2D eigenvalue weighted by atomic mass is 32.2. The largest absolute Gasteiger partial charge is 0.348 e. The number of benzene rings is 1. The first kappa shape index (κ1) is 16.4. The molecule has 0 aliphatic carbocycles. The number of nitrogens with one attached hydrogen (secondary N) is 2. The maximum atomic E-state index is 12.2. The summed E-state index contributed by atoms with van der Waals surface area (Å²) < 4.78 is 27.0. The Morgan fingerprint density at radius 3 is 2.70 bits per heavy atom. The van der Waals surface area contributed by atoms with E-state index in [9.17, 15) is 13.2 Å². The quantitative estimate of drug-likeness (QED) is 0.565. The Bertz CT molecular complexity index is 568. The molecule has 0 saturated carbocycles. The van der Waals surface area contributed by atoms with Crippen molar-refractivity contribution in [3.63, 3.8) is 0 Å². The number of unbranched alkanes of at least 4 members (excludes halogenated alkanes) is 1. The van der Waals surface area contributed by atoms with Crippen LogP contribution >= 0.6 is 0 Å². The average Bonchev–Trinajstić information content (AvgIpc) is 2.45. The van der Waals surface area contributed by atoms with Gasteiger partial charge in [-0.1, -0.05) is 38.1 Å². The molecule has 6 heteroatoms.